The Hall–Kier alpha value is -3.34. The van der Waals surface area contributed by atoms with Gasteiger partial charge in [0.2, 0.25) is 11.6 Å². The quantitative estimate of drug-likeness (QED) is 0.663. The van der Waals surface area contributed by atoms with E-state index in [4.69, 9.17) is 0 Å². The first-order chi connectivity index (χ1) is 12.1. The molecule has 122 valence electrons. The zero-order chi connectivity index (χ0) is 17.2. The van der Waals surface area contributed by atoms with E-state index >= 15 is 0 Å². The molecule has 5 heteroatoms. The summed E-state index contributed by atoms with van der Waals surface area (Å²) in [7, 11) is 0. The Balaban J connectivity index is 1.71. The molecular weight excluding hydrogens is 314 g/mol. The van der Waals surface area contributed by atoms with Crippen molar-refractivity contribution in [3.63, 3.8) is 0 Å². The first-order valence-electron chi connectivity index (χ1n) is 8.14. The largest absolute Gasteiger partial charge is 0.349 e. The van der Waals surface area contributed by atoms with Crippen LogP contribution in [-0.4, -0.2) is 11.8 Å². The summed E-state index contributed by atoms with van der Waals surface area (Å²) >= 11 is 0. The Morgan fingerprint density at radius 2 is 1.48 bits per heavy atom. The van der Waals surface area contributed by atoms with Gasteiger partial charge in [0.05, 0.1) is 17.1 Å². The highest BCUT2D eigenvalue weighted by atomic mass is 16.2. The summed E-state index contributed by atoms with van der Waals surface area (Å²) in [4.78, 5) is 26.5. The minimum atomic E-state index is -1.14. The molecule has 2 N–H and O–H groups in total. The van der Waals surface area contributed by atoms with Gasteiger partial charge < -0.3 is 10.6 Å². The van der Waals surface area contributed by atoms with E-state index in [1.165, 1.54) is 11.8 Å². The lowest BCUT2D eigenvalue weighted by Gasteiger charge is -2.24. The van der Waals surface area contributed by atoms with E-state index in [1.54, 1.807) is 6.07 Å². The van der Waals surface area contributed by atoms with Crippen LogP contribution in [0.5, 0.6) is 0 Å². The number of imide groups is 1. The average molecular weight is 329 g/mol. The van der Waals surface area contributed by atoms with Crippen molar-refractivity contribution >= 4 is 39.6 Å². The summed E-state index contributed by atoms with van der Waals surface area (Å²) in [6.07, 6.45) is 0. The predicted molar refractivity (Wildman–Crippen MR) is 97.5 cm³/mol. The van der Waals surface area contributed by atoms with E-state index in [-0.39, 0.29) is 11.8 Å². The molecule has 2 heterocycles. The fourth-order valence-electron chi connectivity index (χ4n) is 3.81. The lowest BCUT2D eigenvalue weighted by Crippen LogP contribution is -2.49. The summed E-state index contributed by atoms with van der Waals surface area (Å²) in [6, 6.07) is 19.5. The number of rotatable bonds is 0. The summed E-state index contributed by atoms with van der Waals surface area (Å²) in [5, 5.41) is 8.86. The standard InChI is InChI=1S/C20H15N3O2/c1-12(24)23-18-9-5-4-8-15(18)20(19(23)25)21-16-10-13-6-2-3-7-14(13)11-17(16)22-20/h2-11,21-22H,1H3. The van der Waals surface area contributed by atoms with Crippen molar-refractivity contribution in [1.82, 2.24) is 0 Å². The molecule has 3 aromatic carbocycles. The molecule has 1 spiro atoms. The van der Waals surface area contributed by atoms with Gasteiger partial charge in [-0.3, -0.25) is 9.59 Å². The highest BCUT2D eigenvalue weighted by Gasteiger charge is 2.55. The van der Waals surface area contributed by atoms with E-state index < -0.39 is 5.66 Å². The van der Waals surface area contributed by atoms with Gasteiger partial charge in [-0.25, -0.2) is 4.90 Å². The highest BCUT2D eigenvalue weighted by molar-refractivity contribution is 6.24. The summed E-state index contributed by atoms with van der Waals surface area (Å²) in [5.74, 6) is -0.597. The van der Waals surface area contributed by atoms with Gasteiger partial charge in [0.15, 0.2) is 0 Å². The third kappa shape index (κ3) is 1.72. The number of fused-ring (bicyclic) bond motifs is 4. The van der Waals surface area contributed by atoms with Crippen LogP contribution in [0.25, 0.3) is 10.8 Å². The molecular formula is C20H15N3O2. The minimum absolute atomic E-state index is 0.293. The molecule has 3 aromatic rings. The molecule has 2 aliphatic heterocycles. The molecule has 5 rings (SSSR count). The van der Waals surface area contributed by atoms with Crippen molar-refractivity contribution in [1.29, 1.82) is 0 Å². The maximum atomic E-state index is 13.2. The predicted octanol–water partition coefficient (Wildman–Crippen LogP) is 3.42. The monoisotopic (exact) mass is 329 g/mol. The van der Waals surface area contributed by atoms with Crippen LogP contribution in [0.1, 0.15) is 12.5 Å². The fourth-order valence-corrected chi connectivity index (χ4v) is 3.81. The zero-order valence-corrected chi connectivity index (χ0v) is 13.5. The number of nitrogens with zero attached hydrogens (tertiary/aromatic N) is 1. The molecule has 5 nitrogen and oxygen atoms in total. The van der Waals surface area contributed by atoms with Crippen LogP contribution in [0.15, 0.2) is 60.7 Å². The Labute approximate surface area is 144 Å². The molecule has 0 saturated heterocycles. The van der Waals surface area contributed by atoms with Gasteiger partial charge in [-0.1, -0.05) is 42.5 Å². The molecule has 0 aromatic heterocycles. The number of amides is 2. The molecule has 0 saturated carbocycles. The van der Waals surface area contributed by atoms with Gasteiger partial charge in [0, 0.05) is 12.5 Å². The SMILES string of the molecule is CC(=O)N1C(=O)C2(Nc3cc4ccccc4cc3N2)c2ccccc21. The normalized spacial score (nSPS) is 16.5. The number of carbonyl (C=O) groups excluding carboxylic acids is 2. The molecule has 2 amide bonds. The molecule has 2 aliphatic rings. The van der Waals surface area contributed by atoms with Gasteiger partial charge >= 0.3 is 0 Å². The second-order valence-electron chi connectivity index (χ2n) is 6.42. The minimum Gasteiger partial charge on any atom is -0.349 e. The Morgan fingerprint density at radius 1 is 0.920 bits per heavy atom. The van der Waals surface area contributed by atoms with Crippen molar-refractivity contribution in [2.24, 2.45) is 0 Å². The van der Waals surface area contributed by atoms with Crippen molar-refractivity contribution in [3.8, 4) is 0 Å². The molecule has 0 unspecified atom stereocenters. The smallest absolute Gasteiger partial charge is 0.285 e. The van der Waals surface area contributed by atoms with Gasteiger partial charge in [0.25, 0.3) is 5.91 Å². The van der Waals surface area contributed by atoms with Crippen LogP contribution in [0, 0.1) is 0 Å². The third-order valence-corrected chi connectivity index (χ3v) is 4.92. The number of hydrogen-bond acceptors (Lipinski definition) is 4. The zero-order valence-electron chi connectivity index (χ0n) is 13.5. The van der Waals surface area contributed by atoms with Crippen molar-refractivity contribution < 1.29 is 9.59 Å². The van der Waals surface area contributed by atoms with Gasteiger partial charge in [-0.15, -0.1) is 0 Å². The molecule has 0 radical (unpaired) electrons. The van der Waals surface area contributed by atoms with Crippen LogP contribution in [0.3, 0.4) is 0 Å². The number of nitrogens with one attached hydrogen (secondary N) is 2. The molecule has 0 fully saturated rings. The molecule has 0 atom stereocenters. The van der Waals surface area contributed by atoms with Crippen LogP contribution < -0.4 is 15.5 Å². The number of hydrogen-bond donors (Lipinski definition) is 2. The van der Waals surface area contributed by atoms with Crippen LogP contribution in [0.4, 0.5) is 17.1 Å². The Kier molecular flexibility index (Phi) is 2.58. The number of para-hydroxylation sites is 1. The van der Waals surface area contributed by atoms with Gasteiger partial charge in [-0.05, 0) is 29.0 Å². The van der Waals surface area contributed by atoms with Gasteiger partial charge in [0.1, 0.15) is 0 Å². The maximum absolute atomic E-state index is 13.2. The fraction of sp³-hybridized carbons (Fsp3) is 0.100. The van der Waals surface area contributed by atoms with E-state index in [9.17, 15) is 9.59 Å². The third-order valence-electron chi connectivity index (χ3n) is 4.92. The van der Waals surface area contributed by atoms with Crippen molar-refractivity contribution in [3.05, 3.63) is 66.2 Å². The average Bonchev–Trinajstić information content (AvgIpc) is 3.09. The Bertz CT molecular complexity index is 1030. The highest BCUT2D eigenvalue weighted by Crippen LogP contribution is 2.49. The topological polar surface area (TPSA) is 61.4 Å². The van der Waals surface area contributed by atoms with Crippen molar-refractivity contribution in [2.45, 2.75) is 12.6 Å². The lowest BCUT2D eigenvalue weighted by molar-refractivity contribution is -0.126. The number of carbonyl (C=O) groups is 2. The van der Waals surface area contributed by atoms with E-state index in [0.29, 0.717) is 5.69 Å². The summed E-state index contributed by atoms with van der Waals surface area (Å²) in [5.41, 5.74) is 1.95. The molecule has 0 aliphatic carbocycles. The lowest BCUT2D eigenvalue weighted by atomic mass is 10.0. The van der Waals surface area contributed by atoms with E-state index in [2.05, 4.69) is 10.6 Å². The summed E-state index contributed by atoms with van der Waals surface area (Å²) < 4.78 is 0. The molecule has 0 bridgehead atoms. The van der Waals surface area contributed by atoms with Crippen molar-refractivity contribution in [2.75, 3.05) is 15.5 Å². The van der Waals surface area contributed by atoms with Crippen LogP contribution >= 0.6 is 0 Å². The first kappa shape index (κ1) is 14.0. The van der Waals surface area contributed by atoms with E-state index in [1.807, 2.05) is 54.6 Å². The second-order valence-corrected chi connectivity index (χ2v) is 6.42. The maximum Gasteiger partial charge on any atom is 0.285 e. The molecule has 25 heavy (non-hydrogen) atoms. The number of benzene rings is 3. The Morgan fingerprint density at radius 3 is 2.08 bits per heavy atom. The summed E-state index contributed by atoms with van der Waals surface area (Å²) in [6.45, 7) is 1.41. The van der Waals surface area contributed by atoms with Gasteiger partial charge in [-0.2, -0.15) is 0 Å². The second kappa shape index (κ2) is 4.60. The first-order valence-corrected chi connectivity index (χ1v) is 8.14. The van der Waals surface area contributed by atoms with E-state index in [0.717, 1.165) is 27.7 Å². The van der Waals surface area contributed by atoms with Crippen LogP contribution in [0.2, 0.25) is 0 Å². The number of anilines is 3. The van der Waals surface area contributed by atoms with Crippen LogP contribution in [-0.2, 0) is 15.3 Å².